The van der Waals surface area contributed by atoms with Gasteiger partial charge in [-0.1, -0.05) is 44.4 Å². The molecule has 6 heteroatoms. The molecule has 0 radical (unpaired) electrons. The van der Waals surface area contributed by atoms with Gasteiger partial charge in [-0.3, -0.25) is 20.4 Å². The monoisotopic (exact) mass is 382 g/mol. The van der Waals surface area contributed by atoms with Crippen LogP contribution in [0, 0.1) is 0 Å². The van der Waals surface area contributed by atoms with Crippen molar-refractivity contribution >= 4 is 11.8 Å². The van der Waals surface area contributed by atoms with Crippen molar-refractivity contribution in [3.05, 3.63) is 59.7 Å². The fraction of sp³-hybridized carbons (Fsp3) is 0.364. The lowest BCUT2D eigenvalue weighted by Crippen LogP contribution is -2.44. The van der Waals surface area contributed by atoms with Crippen LogP contribution in [-0.2, 0) is 4.79 Å². The summed E-state index contributed by atoms with van der Waals surface area (Å²) in [6, 6.07) is 14.3. The van der Waals surface area contributed by atoms with Crippen LogP contribution in [0.1, 0.15) is 54.4 Å². The molecule has 0 bridgehead atoms. The smallest absolute Gasteiger partial charge is 0.269 e. The number of carbonyl (C=O) groups is 2. The topological polar surface area (TPSA) is 76.7 Å². The molecule has 6 nitrogen and oxygen atoms in total. The van der Waals surface area contributed by atoms with E-state index in [1.54, 1.807) is 24.3 Å². The fourth-order valence-corrected chi connectivity index (χ4v) is 3.08. The van der Waals surface area contributed by atoms with Gasteiger partial charge in [-0.2, -0.15) is 0 Å². The second-order valence-electron chi connectivity index (χ2n) is 6.78. The number of amides is 2. The third-order valence-corrected chi connectivity index (χ3v) is 4.70. The normalized spacial score (nSPS) is 14.7. The van der Waals surface area contributed by atoms with Gasteiger partial charge in [-0.05, 0) is 36.8 Å². The molecule has 0 spiro atoms. The molecule has 1 aliphatic rings. The SMILES string of the molecule is CCCCCCOc1ccc(C(=O)NNC(=O)C2COc3ccccc32)cc1. The molecule has 1 atom stereocenters. The second-order valence-corrected chi connectivity index (χ2v) is 6.78. The first kappa shape index (κ1) is 19.7. The molecule has 2 aromatic carbocycles. The van der Waals surface area contributed by atoms with Crippen LogP contribution in [0.4, 0.5) is 0 Å². The number of ether oxygens (including phenoxy) is 2. The third-order valence-electron chi connectivity index (χ3n) is 4.70. The number of para-hydroxylation sites is 1. The van der Waals surface area contributed by atoms with Crippen molar-refractivity contribution in [2.24, 2.45) is 0 Å². The molecule has 0 aromatic heterocycles. The van der Waals surface area contributed by atoms with Gasteiger partial charge in [-0.15, -0.1) is 0 Å². The number of nitrogens with one attached hydrogen (secondary N) is 2. The Morgan fingerprint density at radius 3 is 2.61 bits per heavy atom. The quantitative estimate of drug-likeness (QED) is 0.540. The van der Waals surface area contributed by atoms with Gasteiger partial charge in [-0.25, -0.2) is 0 Å². The summed E-state index contributed by atoms with van der Waals surface area (Å²) >= 11 is 0. The molecular weight excluding hydrogens is 356 g/mol. The summed E-state index contributed by atoms with van der Waals surface area (Å²) in [5, 5.41) is 0. The maximum atomic E-state index is 12.4. The van der Waals surface area contributed by atoms with Gasteiger partial charge < -0.3 is 9.47 Å². The van der Waals surface area contributed by atoms with Crippen molar-refractivity contribution < 1.29 is 19.1 Å². The fourth-order valence-electron chi connectivity index (χ4n) is 3.08. The predicted octanol–water partition coefficient (Wildman–Crippen LogP) is 3.58. The molecule has 148 valence electrons. The zero-order valence-corrected chi connectivity index (χ0v) is 16.1. The summed E-state index contributed by atoms with van der Waals surface area (Å²) < 4.78 is 11.2. The van der Waals surface area contributed by atoms with Gasteiger partial charge in [0.1, 0.15) is 24.0 Å². The zero-order chi connectivity index (χ0) is 19.8. The first-order valence-corrected chi connectivity index (χ1v) is 9.74. The van der Waals surface area contributed by atoms with E-state index in [0.29, 0.717) is 17.9 Å². The summed E-state index contributed by atoms with van der Waals surface area (Å²) in [5.74, 6) is 0.330. The summed E-state index contributed by atoms with van der Waals surface area (Å²) in [5.41, 5.74) is 6.21. The van der Waals surface area contributed by atoms with E-state index in [9.17, 15) is 9.59 Å². The Labute approximate surface area is 165 Å². The highest BCUT2D eigenvalue weighted by molar-refractivity contribution is 5.96. The van der Waals surface area contributed by atoms with Crippen LogP contribution in [0.25, 0.3) is 0 Å². The van der Waals surface area contributed by atoms with Gasteiger partial charge in [0.05, 0.1) is 6.61 Å². The predicted molar refractivity (Wildman–Crippen MR) is 106 cm³/mol. The van der Waals surface area contributed by atoms with Crippen molar-refractivity contribution in [3.8, 4) is 11.5 Å². The van der Waals surface area contributed by atoms with Crippen LogP contribution in [0.3, 0.4) is 0 Å². The second kappa shape index (κ2) is 9.78. The molecule has 2 amide bonds. The van der Waals surface area contributed by atoms with E-state index >= 15 is 0 Å². The van der Waals surface area contributed by atoms with Crippen LogP contribution in [0.15, 0.2) is 48.5 Å². The molecule has 0 saturated heterocycles. The minimum absolute atomic E-state index is 0.269. The van der Waals surface area contributed by atoms with Crippen LogP contribution in [0.2, 0.25) is 0 Å². The Balaban J connectivity index is 1.45. The summed E-state index contributed by atoms with van der Waals surface area (Å²) in [6.45, 7) is 3.12. The number of fused-ring (bicyclic) bond motifs is 1. The molecule has 3 rings (SSSR count). The van der Waals surface area contributed by atoms with E-state index in [4.69, 9.17) is 9.47 Å². The highest BCUT2D eigenvalue weighted by Gasteiger charge is 2.30. The lowest BCUT2D eigenvalue weighted by atomic mass is 10.0. The molecule has 2 N–H and O–H groups in total. The van der Waals surface area contributed by atoms with Gasteiger partial charge >= 0.3 is 0 Å². The summed E-state index contributed by atoms with van der Waals surface area (Å²) in [4.78, 5) is 24.6. The van der Waals surface area contributed by atoms with Crippen molar-refractivity contribution in [2.45, 2.75) is 38.5 Å². The average Bonchev–Trinajstić information content (AvgIpc) is 3.16. The first-order valence-electron chi connectivity index (χ1n) is 9.74. The number of benzene rings is 2. The van der Waals surface area contributed by atoms with Crippen molar-refractivity contribution in [3.63, 3.8) is 0 Å². The molecule has 0 aliphatic carbocycles. The highest BCUT2D eigenvalue weighted by atomic mass is 16.5. The largest absolute Gasteiger partial charge is 0.494 e. The van der Waals surface area contributed by atoms with E-state index in [-0.39, 0.29) is 18.4 Å². The summed E-state index contributed by atoms with van der Waals surface area (Å²) in [7, 11) is 0. The number of unbranched alkanes of at least 4 members (excludes halogenated alkanes) is 3. The Morgan fingerprint density at radius 2 is 1.82 bits per heavy atom. The van der Waals surface area contributed by atoms with Crippen molar-refractivity contribution in [2.75, 3.05) is 13.2 Å². The number of hydrogen-bond acceptors (Lipinski definition) is 4. The number of carbonyl (C=O) groups excluding carboxylic acids is 2. The lowest BCUT2D eigenvalue weighted by Gasteiger charge is -2.12. The molecule has 0 fully saturated rings. The van der Waals surface area contributed by atoms with Crippen LogP contribution in [-0.4, -0.2) is 25.0 Å². The van der Waals surface area contributed by atoms with E-state index in [0.717, 1.165) is 24.2 Å². The molecular formula is C22H26N2O4. The first-order chi connectivity index (χ1) is 13.7. The lowest BCUT2D eigenvalue weighted by molar-refractivity contribution is -0.123. The van der Waals surface area contributed by atoms with Crippen LogP contribution >= 0.6 is 0 Å². The Bertz CT molecular complexity index is 804. The Hall–Kier alpha value is -3.02. The Morgan fingerprint density at radius 1 is 1.04 bits per heavy atom. The van der Waals surface area contributed by atoms with E-state index in [1.165, 1.54) is 12.8 Å². The van der Waals surface area contributed by atoms with Gasteiger partial charge in [0.15, 0.2) is 0 Å². The van der Waals surface area contributed by atoms with Crippen LogP contribution in [0.5, 0.6) is 11.5 Å². The maximum absolute atomic E-state index is 12.4. The van der Waals surface area contributed by atoms with E-state index in [2.05, 4.69) is 17.8 Å². The minimum atomic E-state index is -0.431. The molecule has 2 aromatic rings. The van der Waals surface area contributed by atoms with Gasteiger partial charge in [0, 0.05) is 11.1 Å². The third kappa shape index (κ3) is 5.03. The maximum Gasteiger partial charge on any atom is 0.269 e. The Kier molecular flexibility index (Phi) is 6.89. The summed E-state index contributed by atoms with van der Waals surface area (Å²) in [6.07, 6.45) is 4.59. The van der Waals surface area contributed by atoms with E-state index in [1.807, 2.05) is 24.3 Å². The number of rotatable bonds is 8. The molecule has 0 saturated carbocycles. The van der Waals surface area contributed by atoms with Crippen LogP contribution < -0.4 is 20.3 Å². The van der Waals surface area contributed by atoms with Crippen molar-refractivity contribution in [1.82, 2.24) is 10.9 Å². The minimum Gasteiger partial charge on any atom is -0.494 e. The van der Waals surface area contributed by atoms with Gasteiger partial charge in [0.2, 0.25) is 5.91 Å². The number of hydrazine groups is 1. The average molecular weight is 382 g/mol. The van der Waals surface area contributed by atoms with E-state index < -0.39 is 5.92 Å². The zero-order valence-electron chi connectivity index (χ0n) is 16.1. The molecule has 28 heavy (non-hydrogen) atoms. The standard InChI is InChI=1S/C22H26N2O4/c1-2-3-4-7-14-27-17-12-10-16(11-13-17)21(25)23-24-22(26)19-15-28-20-9-6-5-8-18(19)20/h5-6,8-13,19H,2-4,7,14-15H2,1H3,(H,23,25)(H,24,26). The van der Waals surface area contributed by atoms with Crippen molar-refractivity contribution in [1.29, 1.82) is 0 Å². The molecule has 1 heterocycles. The number of hydrogen-bond donors (Lipinski definition) is 2. The van der Waals surface area contributed by atoms with Gasteiger partial charge in [0.25, 0.3) is 5.91 Å². The molecule has 1 aliphatic heterocycles. The molecule has 1 unspecified atom stereocenters. The highest BCUT2D eigenvalue weighted by Crippen LogP contribution is 2.33.